The molecule has 1 unspecified atom stereocenters. The lowest BCUT2D eigenvalue weighted by Crippen LogP contribution is -2.50. The molecule has 1 aromatic heterocycles. The van der Waals surface area contributed by atoms with Gasteiger partial charge in [-0.3, -0.25) is 4.79 Å². The number of carbonyl (C=O) groups is 1. The van der Waals surface area contributed by atoms with Crippen molar-refractivity contribution in [2.75, 3.05) is 20.1 Å². The fraction of sp³-hybridized carbons (Fsp3) is 0.765. The fourth-order valence-electron chi connectivity index (χ4n) is 3.03. The Bertz CT molecular complexity index is 512. The number of hydrogen-bond acceptors (Lipinski definition) is 4. The molecule has 0 aliphatic heterocycles. The number of halogens is 1. The maximum Gasteiger partial charge on any atom is 0.273 e. The van der Waals surface area contributed by atoms with Crippen LogP contribution in [0.3, 0.4) is 0 Å². The topological polar surface area (TPSA) is 58.4 Å². The Labute approximate surface area is 153 Å². The molecular formula is C17H30IN3O2. The van der Waals surface area contributed by atoms with E-state index in [1.165, 1.54) is 0 Å². The number of amides is 1. The predicted molar refractivity (Wildman–Crippen MR) is 102 cm³/mol. The standard InChI is InChI=1S/C17H30IN3O2/c1-7-17(8-2,13(5)21(6)9-3)11-19-16(22)15-12(4)14(10-18)23-20-15/h13H,7-11H2,1-6H3,(H,19,22). The maximum atomic E-state index is 12.5. The first kappa shape index (κ1) is 20.4. The zero-order valence-corrected chi connectivity index (χ0v) is 17.4. The van der Waals surface area contributed by atoms with Gasteiger partial charge in [-0.25, -0.2) is 0 Å². The van der Waals surface area contributed by atoms with Crippen LogP contribution < -0.4 is 5.32 Å². The van der Waals surface area contributed by atoms with Crippen molar-refractivity contribution < 1.29 is 9.32 Å². The highest BCUT2D eigenvalue weighted by atomic mass is 127. The van der Waals surface area contributed by atoms with E-state index in [2.05, 4.69) is 72.7 Å². The van der Waals surface area contributed by atoms with Gasteiger partial charge in [-0.1, -0.05) is 48.5 Å². The first-order valence-corrected chi connectivity index (χ1v) is 9.88. The summed E-state index contributed by atoms with van der Waals surface area (Å²) in [6.07, 6.45) is 2.04. The van der Waals surface area contributed by atoms with Gasteiger partial charge >= 0.3 is 0 Å². The third-order valence-electron chi connectivity index (χ3n) is 5.41. The number of nitrogens with one attached hydrogen (secondary N) is 1. The molecule has 1 heterocycles. The summed E-state index contributed by atoms with van der Waals surface area (Å²) in [5.74, 6) is 0.632. The van der Waals surface area contributed by atoms with Gasteiger partial charge in [0, 0.05) is 23.6 Å². The van der Waals surface area contributed by atoms with Crippen LogP contribution >= 0.6 is 22.6 Å². The molecular weight excluding hydrogens is 405 g/mol. The Kier molecular flexibility index (Phi) is 8.00. The lowest BCUT2D eigenvalue weighted by Gasteiger charge is -2.42. The third-order valence-corrected chi connectivity index (χ3v) is 6.11. The number of aromatic nitrogens is 1. The molecule has 5 nitrogen and oxygen atoms in total. The van der Waals surface area contributed by atoms with Crippen molar-refractivity contribution in [2.24, 2.45) is 5.41 Å². The summed E-state index contributed by atoms with van der Waals surface area (Å²) in [6.45, 7) is 12.3. The summed E-state index contributed by atoms with van der Waals surface area (Å²) in [4.78, 5) is 14.8. The summed E-state index contributed by atoms with van der Waals surface area (Å²) < 4.78 is 5.95. The molecule has 0 spiro atoms. The molecule has 0 aromatic carbocycles. The second kappa shape index (κ2) is 9.01. The largest absolute Gasteiger partial charge is 0.359 e. The van der Waals surface area contributed by atoms with Crippen molar-refractivity contribution in [1.29, 1.82) is 0 Å². The van der Waals surface area contributed by atoms with Crippen molar-refractivity contribution in [1.82, 2.24) is 15.4 Å². The summed E-state index contributed by atoms with van der Waals surface area (Å²) in [5, 5.41) is 7.02. The molecule has 1 rings (SSSR count). The fourth-order valence-corrected chi connectivity index (χ4v) is 3.74. The van der Waals surface area contributed by atoms with E-state index < -0.39 is 0 Å². The summed E-state index contributed by atoms with van der Waals surface area (Å²) in [5.41, 5.74) is 1.31. The molecule has 0 aliphatic rings. The molecule has 0 aliphatic carbocycles. The average molecular weight is 435 g/mol. The van der Waals surface area contributed by atoms with Crippen molar-refractivity contribution in [2.45, 2.75) is 57.9 Å². The molecule has 0 bridgehead atoms. The second-order valence-corrected chi connectivity index (χ2v) is 6.98. The van der Waals surface area contributed by atoms with Crippen LogP contribution in [0.15, 0.2) is 4.52 Å². The summed E-state index contributed by atoms with van der Waals surface area (Å²) in [7, 11) is 2.14. The minimum atomic E-state index is -0.139. The van der Waals surface area contributed by atoms with Crippen LogP contribution in [0, 0.1) is 12.3 Å². The first-order chi connectivity index (χ1) is 10.9. The zero-order chi connectivity index (χ0) is 17.6. The quantitative estimate of drug-likeness (QED) is 0.474. The second-order valence-electron chi connectivity index (χ2n) is 6.21. The van der Waals surface area contributed by atoms with E-state index >= 15 is 0 Å². The van der Waals surface area contributed by atoms with Gasteiger partial charge in [0.2, 0.25) is 0 Å². The van der Waals surface area contributed by atoms with Gasteiger partial charge in [0.25, 0.3) is 5.91 Å². The summed E-state index contributed by atoms with van der Waals surface area (Å²) >= 11 is 2.21. The highest BCUT2D eigenvalue weighted by molar-refractivity contribution is 14.1. The third kappa shape index (κ3) is 4.47. The number of nitrogens with zero attached hydrogens (tertiary/aromatic N) is 2. The number of hydrogen-bond donors (Lipinski definition) is 1. The monoisotopic (exact) mass is 435 g/mol. The molecule has 0 saturated carbocycles. The Balaban J connectivity index is 2.86. The van der Waals surface area contributed by atoms with Gasteiger partial charge in [0.1, 0.15) is 5.76 Å². The predicted octanol–water partition coefficient (Wildman–Crippen LogP) is 3.79. The lowest BCUT2D eigenvalue weighted by molar-refractivity contribution is 0.0745. The molecule has 132 valence electrons. The number of rotatable bonds is 9. The molecule has 0 fully saturated rings. The normalized spacial score (nSPS) is 13.4. The summed E-state index contributed by atoms with van der Waals surface area (Å²) in [6, 6.07) is 0.395. The van der Waals surface area contributed by atoms with E-state index in [-0.39, 0.29) is 11.3 Å². The van der Waals surface area contributed by atoms with Crippen LogP contribution in [-0.4, -0.2) is 42.1 Å². The minimum absolute atomic E-state index is 0.0597. The SMILES string of the molecule is CCN(C)C(C)C(CC)(CC)CNC(=O)c1noc(CI)c1C. The van der Waals surface area contributed by atoms with Gasteiger partial charge < -0.3 is 14.7 Å². The Morgan fingerprint density at radius 3 is 2.43 bits per heavy atom. The molecule has 1 aromatic rings. The van der Waals surface area contributed by atoms with E-state index in [0.29, 0.717) is 18.3 Å². The molecule has 1 N–H and O–H groups in total. The zero-order valence-electron chi connectivity index (χ0n) is 15.2. The van der Waals surface area contributed by atoms with Gasteiger partial charge in [-0.05, 0) is 40.3 Å². The molecule has 0 saturated heterocycles. The van der Waals surface area contributed by atoms with Crippen LogP contribution in [0.4, 0.5) is 0 Å². The van der Waals surface area contributed by atoms with E-state index in [0.717, 1.165) is 35.1 Å². The lowest BCUT2D eigenvalue weighted by atomic mass is 9.75. The maximum absolute atomic E-state index is 12.5. The smallest absolute Gasteiger partial charge is 0.273 e. The molecule has 1 atom stereocenters. The van der Waals surface area contributed by atoms with Crippen molar-refractivity contribution in [3.63, 3.8) is 0 Å². The van der Waals surface area contributed by atoms with Crippen LogP contribution in [-0.2, 0) is 4.43 Å². The molecule has 23 heavy (non-hydrogen) atoms. The minimum Gasteiger partial charge on any atom is -0.359 e. The van der Waals surface area contributed by atoms with Crippen LogP contribution in [0.2, 0.25) is 0 Å². The first-order valence-electron chi connectivity index (χ1n) is 8.36. The van der Waals surface area contributed by atoms with Crippen LogP contribution in [0.25, 0.3) is 0 Å². The van der Waals surface area contributed by atoms with Gasteiger partial charge in [-0.2, -0.15) is 0 Å². The molecule has 0 radical (unpaired) electrons. The Morgan fingerprint density at radius 1 is 1.39 bits per heavy atom. The average Bonchev–Trinajstić information content (AvgIpc) is 2.95. The van der Waals surface area contributed by atoms with Crippen LogP contribution in [0.5, 0.6) is 0 Å². The van der Waals surface area contributed by atoms with Crippen molar-refractivity contribution in [3.8, 4) is 0 Å². The number of alkyl halides is 1. The Hall–Kier alpha value is -0.630. The highest BCUT2D eigenvalue weighted by Gasteiger charge is 2.35. The number of carbonyl (C=O) groups excluding carboxylic acids is 1. The van der Waals surface area contributed by atoms with E-state index in [4.69, 9.17) is 4.52 Å². The molecule has 6 heteroatoms. The van der Waals surface area contributed by atoms with Gasteiger partial charge in [0.05, 0.1) is 4.43 Å². The van der Waals surface area contributed by atoms with E-state index in [1.807, 2.05) is 6.92 Å². The van der Waals surface area contributed by atoms with E-state index in [1.54, 1.807) is 0 Å². The van der Waals surface area contributed by atoms with Gasteiger partial charge in [0.15, 0.2) is 5.69 Å². The van der Waals surface area contributed by atoms with E-state index in [9.17, 15) is 4.79 Å². The molecule has 1 amide bonds. The van der Waals surface area contributed by atoms with Gasteiger partial charge in [-0.15, -0.1) is 0 Å². The van der Waals surface area contributed by atoms with Crippen molar-refractivity contribution >= 4 is 28.5 Å². The highest BCUT2D eigenvalue weighted by Crippen LogP contribution is 2.32. The Morgan fingerprint density at radius 2 is 2.00 bits per heavy atom. The van der Waals surface area contributed by atoms with Crippen molar-refractivity contribution in [3.05, 3.63) is 17.0 Å². The van der Waals surface area contributed by atoms with Crippen LogP contribution in [0.1, 0.15) is 62.3 Å².